The Bertz CT molecular complexity index is 178. The summed E-state index contributed by atoms with van der Waals surface area (Å²) in [4.78, 5) is 11.4. The smallest absolute Gasteiger partial charge is 0.135 e. The predicted molar refractivity (Wildman–Crippen MR) is 73.5 cm³/mol. The monoisotopic (exact) mass is 248 g/mol. The van der Waals surface area contributed by atoms with E-state index < -0.39 is 0 Å². The van der Waals surface area contributed by atoms with Crippen molar-refractivity contribution in [1.82, 2.24) is 0 Å². The van der Waals surface area contributed by atoms with Crippen LogP contribution in [0.2, 0.25) is 0 Å². The zero-order valence-electron chi connectivity index (χ0n) is 10.6. The van der Waals surface area contributed by atoms with Crippen molar-refractivity contribution in [3.05, 3.63) is 0 Å². The van der Waals surface area contributed by atoms with Crippen LogP contribution >= 0.6 is 21.6 Å². The lowest BCUT2D eigenvalue weighted by Crippen LogP contribution is -2.07. The number of carbonyl (C=O) groups excluding carboxylic acids is 1. The Balaban J connectivity index is 3.46. The number of ketones is 1. The third kappa shape index (κ3) is 9.31. The van der Waals surface area contributed by atoms with Gasteiger partial charge in [-0.3, -0.25) is 4.79 Å². The zero-order valence-corrected chi connectivity index (χ0v) is 12.2. The number of carbonyl (C=O) groups is 1. The lowest BCUT2D eigenvalue weighted by Gasteiger charge is -2.11. The number of hydrogen-bond donors (Lipinski definition) is 0. The van der Waals surface area contributed by atoms with E-state index in [0.717, 1.165) is 19.3 Å². The molecule has 1 unspecified atom stereocenters. The normalized spacial score (nSPS) is 13.5. The van der Waals surface area contributed by atoms with Crippen molar-refractivity contribution in [3.63, 3.8) is 0 Å². The van der Waals surface area contributed by atoms with Gasteiger partial charge < -0.3 is 0 Å². The van der Waals surface area contributed by atoms with Gasteiger partial charge in [-0.2, -0.15) is 0 Å². The molecule has 0 bridgehead atoms. The SMILES string of the molecule is CC(C)SSC(C)CCCC(=O)C(C)C. The minimum Gasteiger partial charge on any atom is -0.299 e. The average molecular weight is 248 g/mol. The highest BCUT2D eigenvalue weighted by Gasteiger charge is 2.09. The molecule has 0 aromatic heterocycles. The quantitative estimate of drug-likeness (QED) is 0.586. The first-order valence-electron chi connectivity index (χ1n) is 5.78. The highest BCUT2D eigenvalue weighted by atomic mass is 33.1. The van der Waals surface area contributed by atoms with Crippen LogP contribution in [0.4, 0.5) is 0 Å². The van der Waals surface area contributed by atoms with E-state index in [0.29, 0.717) is 16.3 Å². The molecular weight excluding hydrogens is 224 g/mol. The van der Waals surface area contributed by atoms with Gasteiger partial charge in [0.15, 0.2) is 0 Å². The van der Waals surface area contributed by atoms with Crippen molar-refractivity contribution in [2.45, 2.75) is 64.4 Å². The third-order valence-electron chi connectivity index (χ3n) is 2.09. The summed E-state index contributed by atoms with van der Waals surface area (Å²) in [6.45, 7) is 10.6. The second kappa shape index (κ2) is 8.51. The van der Waals surface area contributed by atoms with Crippen molar-refractivity contribution < 1.29 is 4.79 Å². The summed E-state index contributed by atoms with van der Waals surface area (Å²) in [5.74, 6) is 0.613. The number of rotatable bonds is 8. The Morgan fingerprint density at radius 2 is 1.67 bits per heavy atom. The maximum Gasteiger partial charge on any atom is 0.135 e. The second-order valence-corrected chi connectivity index (χ2v) is 7.85. The van der Waals surface area contributed by atoms with Gasteiger partial charge in [0.2, 0.25) is 0 Å². The maximum absolute atomic E-state index is 11.4. The molecule has 0 fully saturated rings. The first-order valence-corrected chi connectivity index (χ1v) is 8.06. The predicted octanol–water partition coefficient (Wildman–Crippen LogP) is 4.56. The van der Waals surface area contributed by atoms with E-state index in [1.165, 1.54) is 0 Å². The highest BCUT2D eigenvalue weighted by Crippen LogP contribution is 2.32. The summed E-state index contributed by atoms with van der Waals surface area (Å²) in [5, 5.41) is 1.35. The highest BCUT2D eigenvalue weighted by molar-refractivity contribution is 8.77. The maximum atomic E-state index is 11.4. The lowest BCUT2D eigenvalue weighted by molar-refractivity contribution is -0.122. The molecule has 0 amide bonds. The Morgan fingerprint density at radius 3 is 2.13 bits per heavy atom. The molecule has 15 heavy (non-hydrogen) atoms. The van der Waals surface area contributed by atoms with Crippen LogP contribution in [0.1, 0.15) is 53.9 Å². The van der Waals surface area contributed by atoms with E-state index in [-0.39, 0.29) is 5.92 Å². The number of Topliss-reactive ketones (excluding diaryl/α,β-unsaturated/α-hetero) is 1. The molecule has 0 N–H and O–H groups in total. The van der Waals surface area contributed by atoms with E-state index in [2.05, 4.69) is 20.8 Å². The molecule has 0 aliphatic heterocycles. The summed E-state index contributed by atoms with van der Waals surface area (Å²) < 4.78 is 0. The van der Waals surface area contributed by atoms with Gasteiger partial charge in [-0.05, 0) is 12.8 Å². The summed E-state index contributed by atoms with van der Waals surface area (Å²) in [6, 6.07) is 0. The van der Waals surface area contributed by atoms with Crippen molar-refractivity contribution in [1.29, 1.82) is 0 Å². The molecule has 0 saturated carbocycles. The molecule has 0 aliphatic rings. The van der Waals surface area contributed by atoms with Crippen LogP contribution in [0.15, 0.2) is 0 Å². The summed E-state index contributed by atoms with van der Waals surface area (Å²) >= 11 is 0. The Kier molecular flexibility index (Phi) is 8.72. The fraction of sp³-hybridized carbons (Fsp3) is 0.917. The molecule has 0 rings (SSSR count). The van der Waals surface area contributed by atoms with E-state index in [9.17, 15) is 4.79 Å². The Morgan fingerprint density at radius 1 is 1.07 bits per heavy atom. The molecule has 3 heteroatoms. The molecule has 1 nitrogen and oxygen atoms in total. The van der Waals surface area contributed by atoms with Crippen LogP contribution in [0, 0.1) is 5.92 Å². The van der Waals surface area contributed by atoms with Gasteiger partial charge in [0.25, 0.3) is 0 Å². The molecular formula is C12H24OS2. The van der Waals surface area contributed by atoms with Gasteiger partial charge in [0.1, 0.15) is 5.78 Å². The third-order valence-corrected chi connectivity index (χ3v) is 5.62. The first kappa shape index (κ1) is 15.4. The average Bonchev–Trinajstić information content (AvgIpc) is 2.14. The summed E-state index contributed by atoms with van der Waals surface area (Å²) in [7, 11) is 3.89. The largest absolute Gasteiger partial charge is 0.299 e. The van der Waals surface area contributed by atoms with Crippen molar-refractivity contribution in [2.24, 2.45) is 5.92 Å². The van der Waals surface area contributed by atoms with Crippen LogP contribution in [0.3, 0.4) is 0 Å². The lowest BCUT2D eigenvalue weighted by atomic mass is 10.0. The van der Waals surface area contributed by atoms with Gasteiger partial charge >= 0.3 is 0 Å². The van der Waals surface area contributed by atoms with Crippen LogP contribution in [-0.2, 0) is 4.79 Å². The van der Waals surface area contributed by atoms with Crippen molar-refractivity contribution in [3.8, 4) is 0 Å². The van der Waals surface area contributed by atoms with Gasteiger partial charge in [-0.1, -0.05) is 56.2 Å². The molecule has 0 aliphatic carbocycles. The van der Waals surface area contributed by atoms with Crippen LogP contribution in [-0.4, -0.2) is 16.3 Å². The Labute approximate surface area is 103 Å². The van der Waals surface area contributed by atoms with Gasteiger partial charge in [-0.25, -0.2) is 0 Å². The summed E-state index contributed by atoms with van der Waals surface area (Å²) in [5.41, 5.74) is 0. The van der Waals surface area contributed by atoms with E-state index in [1.54, 1.807) is 0 Å². The van der Waals surface area contributed by atoms with Gasteiger partial charge in [0.05, 0.1) is 0 Å². The van der Waals surface area contributed by atoms with Crippen LogP contribution in [0.25, 0.3) is 0 Å². The molecule has 0 saturated heterocycles. The summed E-state index contributed by atoms with van der Waals surface area (Å²) in [6.07, 6.45) is 2.96. The second-order valence-electron chi connectivity index (χ2n) is 4.57. The van der Waals surface area contributed by atoms with Gasteiger partial charge in [-0.15, -0.1) is 0 Å². The topological polar surface area (TPSA) is 17.1 Å². The molecule has 0 radical (unpaired) electrons. The minimum absolute atomic E-state index is 0.206. The molecule has 0 heterocycles. The van der Waals surface area contributed by atoms with Crippen LogP contribution < -0.4 is 0 Å². The van der Waals surface area contributed by atoms with Crippen molar-refractivity contribution >= 4 is 27.4 Å². The zero-order chi connectivity index (χ0) is 11.8. The first-order chi connectivity index (χ1) is 6.93. The van der Waals surface area contributed by atoms with Crippen molar-refractivity contribution in [2.75, 3.05) is 0 Å². The van der Waals surface area contributed by atoms with Crippen LogP contribution in [0.5, 0.6) is 0 Å². The Hall–Kier alpha value is 0.370. The van der Waals surface area contributed by atoms with E-state index >= 15 is 0 Å². The molecule has 90 valence electrons. The fourth-order valence-corrected chi connectivity index (χ4v) is 3.31. The van der Waals surface area contributed by atoms with Gasteiger partial charge in [0, 0.05) is 22.8 Å². The molecule has 0 spiro atoms. The van der Waals surface area contributed by atoms with E-state index in [4.69, 9.17) is 0 Å². The number of hydrogen-bond acceptors (Lipinski definition) is 3. The molecule has 1 atom stereocenters. The fourth-order valence-electron chi connectivity index (χ4n) is 1.11. The minimum atomic E-state index is 0.206. The standard InChI is InChI=1S/C12H24OS2/c1-9(2)12(13)8-6-7-11(5)15-14-10(3)4/h9-11H,6-8H2,1-5H3. The molecule has 0 aromatic carbocycles. The molecule has 0 aromatic rings. The van der Waals surface area contributed by atoms with E-state index in [1.807, 2.05) is 35.4 Å².